The quantitative estimate of drug-likeness (QED) is 0.563. The predicted molar refractivity (Wildman–Crippen MR) is 118 cm³/mol. The van der Waals surface area contributed by atoms with Gasteiger partial charge in [0.25, 0.3) is 11.1 Å². The molecule has 0 aliphatic carbocycles. The summed E-state index contributed by atoms with van der Waals surface area (Å²) in [4.78, 5) is 38.6. The van der Waals surface area contributed by atoms with Gasteiger partial charge < -0.3 is 4.74 Å². The van der Waals surface area contributed by atoms with Gasteiger partial charge in [0.1, 0.15) is 12.4 Å². The highest BCUT2D eigenvalue weighted by atomic mass is 35.5. The molecule has 154 valence electrons. The van der Waals surface area contributed by atoms with E-state index in [2.05, 4.69) is 0 Å². The van der Waals surface area contributed by atoms with Crippen molar-refractivity contribution in [1.82, 2.24) is 14.0 Å². The van der Waals surface area contributed by atoms with Crippen LogP contribution in [0.5, 0.6) is 5.75 Å². The maximum atomic E-state index is 12.7. The molecule has 30 heavy (non-hydrogen) atoms. The fourth-order valence-electron chi connectivity index (χ4n) is 3.24. The van der Waals surface area contributed by atoms with Crippen molar-refractivity contribution in [2.24, 2.45) is 14.1 Å². The number of ether oxygens (including phenoxy) is 1. The lowest BCUT2D eigenvalue weighted by molar-refractivity contribution is -0.123. The molecule has 0 unspecified atom stereocenters. The number of carbonyl (C=O) groups is 2. The Bertz CT molecular complexity index is 1240. The molecule has 0 saturated carbocycles. The first-order valence-electron chi connectivity index (χ1n) is 9.14. The van der Waals surface area contributed by atoms with Gasteiger partial charge in [-0.2, -0.15) is 0 Å². The lowest BCUT2D eigenvalue weighted by Gasteiger charge is -2.13. The number of thioether (sulfide) groups is 1. The standard InChI is InChI=1S/C21H18ClN3O4S/c1-23-16-8-3-13(11-17(16)24(2)20(23)27)12-18-19(26)25(21(28)30-18)9-10-29-15-6-4-14(22)5-7-15/h3-8,11-12H,9-10H2,1-2H3/b18-12-. The van der Waals surface area contributed by atoms with Gasteiger partial charge in [0, 0.05) is 19.1 Å². The van der Waals surface area contributed by atoms with Crippen molar-refractivity contribution < 1.29 is 14.3 Å². The van der Waals surface area contributed by atoms with E-state index in [-0.39, 0.29) is 30.0 Å². The summed E-state index contributed by atoms with van der Waals surface area (Å²) in [6, 6.07) is 12.3. The Morgan fingerprint density at radius 1 is 1.00 bits per heavy atom. The van der Waals surface area contributed by atoms with Gasteiger partial charge in [-0.1, -0.05) is 17.7 Å². The van der Waals surface area contributed by atoms with E-state index >= 15 is 0 Å². The first-order chi connectivity index (χ1) is 14.3. The third-order valence-electron chi connectivity index (χ3n) is 4.86. The first-order valence-corrected chi connectivity index (χ1v) is 10.3. The topological polar surface area (TPSA) is 73.5 Å². The number of halogens is 1. The molecule has 1 fully saturated rings. The van der Waals surface area contributed by atoms with Gasteiger partial charge in [-0.05, 0) is 59.8 Å². The molecular formula is C21H18ClN3O4S. The monoisotopic (exact) mass is 443 g/mol. The zero-order valence-electron chi connectivity index (χ0n) is 16.3. The van der Waals surface area contributed by atoms with Crippen LogP contribution in [0.1, 0.15) is 5.56 Å². The van der Waals surface area contributed by atoms with Gasteiger partial charge >= 0.3 is 5.69 Å². The molecule has 1 saturated heterocycles. The normalized spacial score (nSPS) is 15.6. The van der Waals surface area contributed by atoms with E-state index in [0.29, 0.717) is 15.7 Å². The zero-order chi connectivity index (χ0) is 21.4. The minimum absolute atomic E-state index is 0.122. The smallest absolute Gasteiger partial charge is 0.328 e. The van der Waals surface area contributed by atoms with Gasteiger partial charge in [0.05, 0.1) is 22.5 Å². The lowest BCUT2D eigenvalue weighted by Crippen LogP contribution is -2.32. The van der Waals surface area contributed by atoms with E-state index in [1.54, 1.807) is 53.6 Å². The van der Waals surface area contributed by atoms with Gasteiger partial charge in [-0.25, -0.2) is 4.79 Å². The fraction of sp³-hybridized carbons (Fsp3) is 0.190. The lowest BCUT2D eigenvalue weighted by atomic mass is 10.2. The summed E-state index contributed by atoms with van der Waals surface area (Å²) in [6.07, 6.45) is 1.67. The molecule has 1 aliphatic heterocycles. The largest absolute Gasteiger partial charge is 0.492 e. The number of nitrogens with zero attached hydrogens (tertiary/aromatic N) is 3. The number of aryl methyl sites for hydroxylation is 2. The summed E-state index contributed by atoms with van der Waals surface area (Å²) in [7, 11) is 3.41. The minimum atomic E-state index is -0.355. The fourth-order valence-corrected chi connectivity index (χ4v) is 4.23. The van der Waals surface area contributed by atoms with Crippen LogP contribution in [0, 0.1) is 0 Å². The van der Waals surface area contributed by atoms with Crippen molar-refractivity contribution >= 4 is 51.6 Å². The molecule has 0 atom stereocenters. The van der Waals surface area contributed by atoms with Crippen molar-refractivity contribution in [2.75, 3.05) is 13.2 Å². The maximum Gasteiger partial charge on any atom is 0.328 e. The van der Waals surface area contributed by atoms with Crippen molar-refractivity contribution in [1.29, 1.82) is 0 Å². The number of carbonyl (C=O) groups excluding carboxylic acids is 2. The maximum absolute atomic E-state index is 12.7. The molecule has 1 aliphatic rings. The number of benzene rings is 2. The Hall–Kier alpha value is -2.97. The van der Waals surface area contributed by atoms with Crippen LogP contribution in [0.25, 0.3) is 17.1 Å². The second kappa shape index (κ2) is 8.04. The highest BCUT2D eigenvalue weighted by Crippen LogP contribution is 2.32. The second-order valence-corrected chi connectivity index (χ2v) is 8.21. The molecule has 0 N–H and O–H groups in total. The molecule has 3 aromatic rings. The Labute approximate surface area is 181 Å². The molecular weight excluding hydrogens is 426 g/mol. The van der Waals surface area contributed by atoms with Crippen LogP contribution in [-0.2, 0) is 18.9 Å². The van der Waals surface area contributed by atoms with E-state index in [9.17, 15) is 14.4 Å². The Kier molecular flexibility index (Phi) is 5.44. The van der Waals surface area contributed by atoms with E-state index in [4.69, 9.17) is 16.3 Å². The summed E-state index contributed by atoms with van der Waals surface area (Å²) in [6.45, 7) is 0.335. The Balaban J connectivity index is 1.48. The molecule has 0 spiro atoms. The molecule has 0 radical (unpaired) electrons. The van der Waals surface area contributed by atoms with Gasteiger partial charge in [-0.15, -0.1) is 0 Å². The number of rotatable bonds is 5. The van der Waals surface area contributed by atoms with Crippen LogP contribution in [-0.4, -0.2) is 38.3 Å². The highest BCUT2D eigenvalue weighted by molar-refractivity contribution is 8.18. The van der Waals surface area contributed by atoms with Gasteiger partial charge in [0.15, 0.2) is 0 Å². The van der Waals surface area contributed by atoms with Crippen LogP contribution < -0.4 is 10.4 Å². The average molecular weight is 444 g/mol. The molecule has 9 heteroatoms. The summed E-state index contributed by atoms with van der Waals surface area (Å²) in [5, 5.41) is 0.270. The predicted octanol–water partition coefficient (Wildman–Crippen LogP) is 3.65. The number of aromatic nitrogens is 2. The first kappa shape index (κ1) is 20.3. The number of imide groups is 1. The Morgan fingerprint density at radius 2 is 1.70 bits per heavy atom. The van der Waals surface area contributed by atoms with E-state index in [1.807, 2.05) is 18.2 Å². The molecule has 4 rings (SSSR count). The molecule has 7 nitrogen and oxygen atoms in total. The summed E-state index contributed by atoms with van der Waals surface area (Å²) in [5.74, 6) is 0.260. The van der Waals surface area contributed by atoms with Crippen molar-refractivity contribution in [2.45, 2.75) is 0 Å². The SMILES string of the molecule is Cn1c(=O)n(C)c2cc(/C=C3\SC(=O)N(CCOc4ccc(Cl)cc4)C3=O)ccc21. The molecule has 1 aromatic heterocycles. The van der Waals surface area contributed by atoms with Crippen LogP contribution in [0.15, 0.2) is 52.2 Å². The van der Waals surface area contributed by atoms with E-state index in [1.165, 1.54) is 4.90 Å². The summed E-state index contributed by atoms with van der Waals surface area (Å²) < 4.78 is 8.69. The third kappa shape index (κ3) is 3.76. The van der Waals surface area contributed by atoms with Crippen molar-refractivity contribution in [3.8, 4) is 5.75 Å². The van der Waals surface area contributed by atoms with E-state index in [0.717, 1.165) is 28.4 Å². The average Bonchev–Trinajstić information content (AvgIpc) is 3.11. The molecule has 2 aromatic carbocycles. The molecule has 2 heterocycles. The number of imidazole rings is 1. The van der Waals surface area contributed by atoms with Gasteiger partial charge in [-0.3, -0.25) is 23.6 Å². The van der Waals surface area contributed by atoms with Crippen LogP contribution >= 0.6 is 23.4 Å². The minimum Gasteiger partial charge on any atom is -0.492 e. The highest BCUT2D eigenvalue weighted by Gasteiger charge is 2.34. The number of amides is 2. The summed E-state index contributed by atoms with van der Waals surface area (Å²) >= 11 is 6.73. The van der Waals surface area contributed by atoms with E-state index < -0.39 is 0 Å². The summed E-state index contributed by atoms with van der Waals surface area (Å²) in [5.41, 5.74) is 2.17. The number of hydrogen-bond donors (Lipinski definition) is 0. The third-order valence-corrected chi connectivity index (χ3v) is 6.02. The van der Waals surface area contributed by atoms with Crippen molar-refractivity contribution in [3.05, 3.63) is 68.4 Å². The van der Waals surface area contributed by atoms with Gasteiger partial charge in [0.2, 0.25) is 0 Å². The molecule has 0 bridgehead atoms. The van der Waals surface area contributed by atoms with Crippen molar-refractivity contribution in [3.63, 3.8) is 0 Å². The van der Waals surface area contributed by atoms with Crippen LogP contribution in [0.4, 0.5) is 4.79 Å². The number of fused-ring (bicyclic) bond motifs is 1. The van der Waals surface area contributed by atoms with Crippen LogP contribution in [0.2, 0.25) is 5.02 Å². The Morgan fingerprint density at radius 3 is 2.43 bits per heavy atom. The zero-order valence-corrected chi connectivity index (χ0v) is 17.9. The number of hydrogen-bond acceptors (Lipinski definition) is 5. The van der Waals surface area contributed by atoms with Crippen LogP contribution in [0.3, 0.4) is 0 Å². The second-order valence-electron chi connectivity index (χ2n) is 6.78. The molecule has 2 amide bonds.